The first-order chi connectivity index (χ1) is 20.7. The molecule has 0 spiro atoms. The molecule has 2 atom stereocenters. The van der Waals surface area contributed by atoms with Gasteiger partial charge in [-0.1, -0.05) is 40.9 Å². The van der Waals surface area contributed by atoms with E-state index in [0.717, 1.165) is 43.3 Å². The number of nitrogens with one attached hydrogen (secondary N) is 3. The van der Waals surface area contributed by atoms with E-state index < -0.39 is 10.0 Å². The number of hydrogen-bond acceptors (Lipinski definition) is 9. The first-order valence-electron chi connectivity index (χ1n) is 13.6. The van der Waals surface area contributed by atoms with Gasteiger partial charge in [0.15, 0.2) is 4.90 Å². The molecular weight excluding hydrogens is 635 g/mol. The van der Waals surface area contributed by atoms with Crippen molar-refractivity contribution < 1.29 is 17.9 Å². The van der Waals surface area contributed by atoms with Gasteiger partial charge in [0.05, 0.1) is 40.0 Å². The van der Waals surface area contributed by atoms with Gasteiger partial charge >= 0.3 is 0 Å². The summed E-state index contributed by atoms with van der Waals surface area (Å²) in [6.07, 6.45) is 6.31. The predicted molar refractivity (Wildman–Crippen MR) is 171 cm³/mol. The second kappa shape index (κ2) is 13.8. The molecule has 14 heteroatoms. The van der Waals surface area contributed by atoms with Gasteiger partial charge in [0, 0.05) is 43.0 Å². The largest absolute Gasteiger partial charge is 0.480 e. The molecule has 1 aliphatic rings. The summed E-state index contributed by atoms with van der Waals surface area (Å²) >= 11 is 19.3. The van der Waals surface area contributed by atoms with Crippen LogP contribution in [-0.4, -0.2) is 63.3 Å². The van der Waals surface area contributed by atoms with E-state index in [1.807, 2.05) is 18.2 Å². The standard InChI is InChI=1S/C29H31Cl3N6O4S/c1-41-10-9-33-14-17-3-5-21(11-17)36-29-35-15-19-12-18(4-7-23(19)37-29)26-22(31)6-8-24(27(26)32)38-43(39,40)25-13-20(30)16-34-28(25)42-2/h4,6-8,12-13,15-17,21,33,38H,3,5,9-11,14H2,1-2H3,(H,35,36,37)/t17-,21?/m1/s1. The van der Waals surface area contributed by atoms with Crippen molar-refractivity contribution in [3.8, 4) is 17.0 Å². The van der Waals surface area contributed by atoms with Crippen molar-refractivity contribution in [3.05, 3.63) is 63.9 Å². The summed E-state index contributed by atoms with van der Waals surface area (Å²) in [7, 11) is -1.13. The monoisotopic (exact) mass is 664 g/mol. The number of rotatable bonds is 12. The van der Waals surface area contributed by atoms with E-state index >= 15 is 0 Å². The molecule has 1 unspecified atom stereocenters. The average Bonchev–Trinajstić information content (AvgIpc) is 3.44. The number of hydrogen-bond donors (Lipinski definition) is 3. The van der Waals surface area contributed by atoms with Crippen molar-refractivity contribution in [1.29, 1.82) is 0 Å². The van der Waals surface area contributed by atoms with Gasteiger partial charge in [-0.15, -0.1) is 0 Å². The van der Waals surface area contributed by atoms with Crippen molar-refractivity contribution in [2.45, 2.75) is 30.2 Å². The van der Waals surface area contributed by atoms with E-state index in [-0.39, 0.29) is 26.5 Å². The minimum atomic E-state index is -4.16. The number of benzene rings is 2. The normalized spacial score (nSPS) is 16.9. The smallest absolute Gasteiger partial charge is 0.267 e. The predicted octanol–water partition coefficient (Wildman–Crippen LogP) is 6.28. The number of aromatic nitrogens is 3. The number of ether oxygens (including phenoxy) is 2. The number of pyridine rings is 1. The molecule has 0 bridgehead atoms. The van der Waals surface area contributed by atoms with Crippen molar-refractivity contribution >= 4 is 67.4 Å². The molecule has 0 radical (unpaired) electrons. The quantitative estimate of drug-likeness (QED) is 0.150. The van der Waals surface area contributed by atoms with Crippen LogP contribution in [0.1, 0.15) is 19.3 Å². The molecule has 4 aromatic rings. The molecule has 2 heterocycles. The van der Waals surface area contributed by atoms with Gasteiger partial charge in [0.2, 0.25) is 11.8 Å². The molecule has 1 saturated carbocycles. The lowest BCUT2D eigenvalue weighted by Gasteiger charge is -2.16. The minimum absolute atomic E-state index is 0.103. The third-order valence-electron chi connectivity index (χ3n) is 7.26. The van der Waals surface area contributed by atoms with E-state index in [1.54, 1.807) is 19.4 Å². The Labute approximate surface area is 265 Å². The van der Waals surface area contributed by atoms with Gasteiger partial charge in [0.25, 0.3) is 10.0 Å². The van der Waals surface area contributed by atoms with Gasteiger partial charge < -0.3 is 20.1 Å². The summed E-state index contributed by atoms with van der Waals surface area (Å²) in [6, 6.07) is 10.2. The second-order valence-corrected chi connectivity index (χ2v) is 13.1. The number of methoxy groups -OCH3 is 2. The highest BCUT2D eigenvalue weighted by Gasteiger charge is 2.26. The number of anilines is 2. The number of nitrogens with zero attached hydrogens (tertiary/aromatic N) is 3. The van der Waals surface area contributed by atoms with Crippen molar-refractivity contribution in [1.82, 2.24) is 20.3 Å². The highest BCUT2D eigenvalue weighted by atomic mass is 35.5. The Hall–Kier alpha value is -2.93. The van der Waals surface area contributed by atoms with Gasteiger partial charge in [-0.25, -0.2) is 23.4 Å². The van der Waals surface area contributed by atoms with Crippen LogP contribution in [-0.2, 0) is 14.8 Å². The van der Waals surface area contributed by atoms with Crippen molar-refractivity contribution in [2.75, 3.05) is 44.0 Å². The Balaban J connectivity index is 1.34. The zero-order chi connectivity index (χ0) is 30.6. The van der Waals surface area contributed by atoms with E-state index in [2.05, 4.69) is 25.3 Å². The maximum atomic E-state index is 13.2. The first-order valence-corrected chi connectivity index (χ1v) is 16.2. The molecule has 0 aliphatic heterocycles. The molecule has 0 saturated heterocycles. The molecule has 1 fully saturated rings. The summed E-state index contributed by atoms with van der Waals surface area (Å²) < 4.78 is 39.2. The minimum Gasteiger partial charge on any atom is -0.480 e. The fraction of sp³-hybridized carbons (Fsp3) is 0.345. The molecular formula is C29H31Cl3N6O4S. The molecule has 3 N–H and O–H groups in total. The lowest BCUT2D eigenvalue weighted by molar-refractivity contribution is 0.198. The van der Waals surface area contributed by atoms with E-state index in [0.29, 0.717) is 40.7 Å². The number of sulfonamides is 1. The molecule has 228 valence electrons. The second-order valence-electron chi connectivity index (χ2n) is 10.2. The molecule has 5 rings (SSSR count). The van der Waals surface area contributed by atoms with Gasteiger partial charge in [-0.2, -0.15) is 0 Å². The Morgan fingerprint density at radius 3 is 2.65 bits per heavy atom. The van der Waals surface area contributed by atoms with E-state index in [4.69, 9.17) is 49.3 Å². The Morgan fingerprint density at radius 2 is 1.86 bits per heavy atom. The van der Waals surface area contributed by atoms with Crippen LogP contribution in [0, 0.1) is 5.92 Å². The zero-order valence-corrected chi connectivity index (χ0v) is 26.6. The van der Waals surface area contributed by atoms with Crippen LogP contribution in [0.3, 0.4) is 0 Å². The first kappa shape index (κ1) is 31.5. The molecule has 0 amide bonds. The molecule has 2 aromatic heterocycles. The van der Waals surface area contributed by atoms with Crippen LogP contribution in [0.15, 0.2) is 53.7 Å². The summed E-state index contributed by atoms with van der Waals surface area (Å²) in [4.78, 5) is 13.0. The Kier molecular flexibility index (Phi) is 10.1. The molecule has 43 heavy (non-hydrogen) atoms. The molecule has 1 aliphatic carbocycles. The fourth-order valence-electron chi connectivity index (χ4n) is 5.16. The van der Waals surface area contributed by atoms with Gasteiger partial charge in [0.1, 0.15) is 0 Å². The maximum Gasteiger partial charge on any atom is 0.267 e. The van der Waals surface area contributed by atoms with Crippen LogP contribution in [0.2, 0.25) is 15.1 Å². The highest BCUT2D eigenvalue weighted by molar-refractivity contribution is 7.92. The van der Waals surface area contributed by atoms with E-state index in [1.165, 1.54) is 25.4 Å². The summed E-state index contributed by atoms with van der Waals surface area (Å²) in [5.41, 5.74) is 2.01. The van der Waals surface area contributed by atoms with Crippen LogP contribution in [0.5, 0.6) is 5.88 Å². The van der Waals surface area contributed by atoms with Gasteiger partial charge in [-0.3, -0.25) is 4.72 Å². The average molecular weight is 666 g/mol. The topological polar surface area (TPSA) is 127 Å². The number of halogens is 3. The zero-order valence-electron chi connectivity index (χ0n) is 23.5. The third kappa shape index (κ3) is 7.42. The van der Waals surface area contributed by atoms with Crippen molar-refractivity contribution in [2.24, 2.45) is 5.92 Å². The van der Waals surface area contributed by atoms with Crippen molar-refractivity contribution in [3.63, 3.8) is 0 Å². The Morgan fingerprint density at radius 1 is 1.02 bits per heavy atom. The lowest BCUT2D eigenvalue weighted by Crippen LogP contribution is -2.26. The molecule has 2 aromatic carbocycles. The number of fused-ring (bicyclic) bond motifs is 1. The van der Waals surface area contributed by atoms with Crippen LogP contribution < -0.4 is 20.1 Å². The van der Waals surface area contributed by atoms with E-state index in [9.17, 15) is 8.42 Å². The van der Waals surface area contributed by atoms with Crippen LogP contribution in [0.4, 0.5) is 11.6 Å². The summed E-state index contributed by atoms with van der Waals surface area (Å²) in [6.45, 7) is 2.54. The van der Waals surface area contributed by atoms with Crippen LogP contribution >= 0.6 is 34.8 Å². The third-order valence-corrected chi connectivity index (χ3v) is 9.54. The van der Waals surface area contributed by atoms with Crippen LogP contribution in [0.25, 0.3) is 22.0 Å². The van der Waals surface area contributed by atoms with Gasteiger partial charge in [-0.05, 0) is 67.6 Å². The highest BCUT2D eigenvalue weighted by Crippen LogP contribution is 2.41. The lowest BCUT2D eigenvalue weighted by atomic mass is 10.0. The SMILES string of the molecule is COCCNC[C@@H]1CCC(Nc2ncc3cc(-c4c(Cl)ccc(NS(=O)(=O)c5cc(Cl)cnc5OC)c4Cl)ccc3n2)C1. The summed E-state index contributed by atoms with van der Waals surface area (Å²) in [5, 5.41) is 8.31. The summed E-state index contributed by atoms with van der Waals surface area (Å²) in [5.74, 6) is 1.08. The molecule has 10 nitrogen and oxygen atoms in total. The maximum absolute atomic E-state index is 13.2. The Bertz CT molecular complexity index is 1730. The fourth-order valence-corrected chi connectivity index (χ4v) is 7.29.